The zero-order valence-electron chi connectivity index (χ0n) is 17.2. The van der Waals surface area contributed by atoms with Gasteiger partial charge in [0.2, 0.25) is 0 Å². The minimum absolute atomic E-state index is 0.175. The molecule has 0 unspecified atom stereocenters. The molecule has 0 spiro atoms. The molecule has 0 amide bonds. The number of rotatable bonds is 19. The van der Waals surface area contributed by atoms with E-state index < -0.39 is 0 Å². The van der Waals surface area contributed by atoms with Crippen LogP contribution in [0.5, 0.6) is 0 Å². The first-order chi connectivity index (χ1) is 12.3. The van der Waals surface area contributed by atoms with Crippen LogP contribution in [0.25, 0.3) is 0 Å². The van der Waals surface area contributed by atoms with Gasteiger partial charge in [0.25, 0.3) is 0 Å². The number of hydrogen-bond acceptors (Lipinski definition) is 2. The van der Waals surface area contributed by atoms with Gasteiger partial charge >= 0.3 is 5.97 Å². The third-order valence-corrected chi connectivity index (χ3v) is 4.72. The SMILES string of the molecule is CCCCCCCCCCCCCCCC=CC(=O)OCCCCC. The molecule has 0 aromatic heterocycles. The van der Waals surface area contributed by atoms with Crippen molar-refractivity contribution in [2.45, 2.75) is 123 Å². The molecule has 0 heterocycles. The summed E-state index contributed by atoms with van der Waals surface area (Å²) in [6.45, 7) is 4.99. The predicted octanol–water partition coefficient (Wildman–Crippen LogP) is 7.76. The molecular formula is C23H44O2. The highest BCUT2D eigenvalue weighted by Gasteiger charge is 1.96. The van der Waals surface area contributed by atoms with Gasteiger partial charge < -0.3 is 4.74 Å². The number of carbonyl (C=O) groups excluding carboxylic acids is 1. The monoisotopic (exact) mass is 352 g/mol. The minimum Gasteiger partial charge on any atom is -0.463 e. The molecule has 0 aromatic carbocycles. The molecule has 0 atom stereocenters. The molecular weight excluding hydrogens is 308 g/mol. The molecule has 2 heteroatoms. The lowest BCUT2D eigenvalue weighted by Gasteiger charge is -2.02. The van der Waals surface area contributed by atoms with E-state index in [0.717, 1.165) is 25.7 Å². The van der Waals surface area contributed by atoms with Crippen molar-refractivity contribution < 1.29 is 9.53 Å². The molecule has 0 fully saturated rings. The van der Waals surface area contributed by atoms with Gasteiger partial charge in [0.05, 0.1) is 6.61 Å². The van der Waals surface area contributed by atoms with E-state index in [1.807, 2.05) is 6.08 Å². The highest BCUT2D eigenvalue weighted by atomic mass is 16.5. The first-order valence-corrected chi connectivity index (χ1v) is 11.1. The number of hydrogen-bond donors (Lipinski definition) is 0. The molecule has 25 heavy (non-hydrogen) atoms. The maximum absolute atomic E-state index is 11.4. The van der Waals surface area contributed by atoms with Crippen LogP contribution in [0.3, 0.4) is 0 Å². The van der Waals surface area contributed by atoms with Crippen LogP contribution in [0.2, 0.25) is 0 Å². The van der Waals surface area contributed by atoms with Gasteiger partial charge in [0.1, 0.15) is 0 Å². The summed E-state index contributed by atoms with van der Waals surface area (Å²) < 4.78 is 5.14. The summed E-state index contributed by atoms with van der Waals surface area (Å²) in [4.78, 5) is 11.4. The summed E-state index contributed by atoms with van der Waals surface area (Å²) in [5.41, 5.74) is 0. The summed E-state index contributed by atoms with van der Waals surface area (Å²) >= 11 is 0. The number of carbonyl (C=O) groups is 1. The summed E-state index contributed by atoms with van der Waals surface area (Å²) in [5, 5.41) is 0. The van der Waals surface area contributed by atoms with E-state index in [1.165, 1.54) is 83.5 Å². The number of ether oxygens (including phenoxy) is 1. The summed E-state index contributed by atoms with van der Waals surface area (Å²) in [6.07, 6.45) is 25.8. The third kappa shape index (κ3) is 21.2. The van der Waals surface area contributed by atoms with Crippen molar-refractivity contribution in [2.75, 3.05) is 6.61 Å². The molecule has 148 valence electrons. The largest absolute Gasteiger partial charge is 0.463 e. The van der Waals surface area contributed by atoms with Gasteiger partial charge in [0.15, 0.2) is 0 Å². The summed E-state index contributed by atoms with van der Waals surface area (Å²) in [6, 6.07) is 0. The average Bonchev–Trinajstić information content (AvgIpc) is 2.62. The smallest absolute Gasteiger partial charge is 0.330 e. The molecule has 0 saturated carbocycles. The van der Waals surface area contributed by atoms with E-state index in [0.29, 0.717) is 6.61 Å². The Morgan fingerprint density at radius 2 is 1.08 bits per heavy atom. The van der Waals surface area contributed by atoms with Gasteiger partial charge in [-0.1, -0.05) is 110 Å². The lowest BCUT2D eigenvalue weighted by atomic mass is 10.0. The van der Waals surface area contributed by atoms with Crippen LogP contribution >= 0.6 is 0 Å². The van der Waals surface area contributed by atoms with Crippen LogP contribution in [0.4, 0.5) is 0 Å². The molecule has 0 aliphatic carbocycles. The fraction of sp³-hybridized carbons (Fsp3) is 0.870. The second-order valence-corrected chi connectivity index (χ2v) is 7.31. The van der Waals surface area contributed by atoms with Crippen LogP contribution < -0.4 is 0 Å². The Balaban J connectivity index is 3.17. The van der Waals surface area contributed by atoms with Crippen LogP contribution in [-0.4, -0.2) is 12.6 Å². The molecule has 2 nitrogen and oxygen atoms in total. The summed E-state index contributed by atoms with van der Waals surface area (Å²) in [7, 11) is 0. The van der Waals surface area contributed by atoms with Gasteiger partial charge in [-0.25, -0.2) is 4.79 Å². The van der Waals surface area contributed by atoms with Crippen molar-refractivity contribution in [1.82, 2.24) is 0 Å². The molecule has 0 aromatic rings. The fourth-order valence-corrected chi connectivity index (χ4v) is 3.03. The number of unbranched alkanes of at least 4 members (excludes halogenated alkanes) is 15. The highest BCUT2D eigenvalue weighted by Crippen LogP contribution is 2.13. The molecule has 0 radical (unpaired) electrons. The Morgan fingerprint density at radius 1 is 0.640 bits per heavy atom. The maximum atomic E-state index is 11.4. The minimum atomic E-state index is -0.175. The van der Waals surface area contributed by atoms with Gasteiger partial charge in [-0.3, -0.25) is 0 Å². The normalized spacial score (nSPS) is 11.3. The maximum Gasteiger partial charge on any atom is 0.330 e. The number of esters is 1. The van der Waals surface area contributed by atoms with Gasteiger partial charge in [0, 0.05) is 6.08 Å². The standard InChI is InChI=1S/C23H44O2/c1-3-5-7-8-9-10-11-12-13-14-15-16-17-18-19-21-23(24)25-22-20-6-4-2/h19,21H,3-18,20,22H2,1-2H3. The van der Waals surface area contributed by atoms with Gasteiger partial charge in [-0.05, 0) is 19.3 Å². The molecule has 0 bridgehead atoms. The van der Waals surface area contributed by atoms with E-state index in [2.05, 4.69) is 13.8 Å². The Kier molecular flexibility index (Phi) is 20.6. The van der Waals surface area contributed by atoms with Gasteiger partial charge in [-0.15, -0.1) is 0 Å². The lowest BCUT2D eigenvalue weighted by Crippen LogP contribution is -2.01. The van der Waals surface area contributed by atoms with Crippen molar-refractivity contribution >= 4 is 5.97 Å². The molecule has 0 saturated heterocycles. The van der Waals surface area contributed by atoms with Crippen molar-refractivity contribution in [3.63, 3.8) is 0 Å². The fourth-order valence-electron chi connectivity index (χ4n) is 3.03. The van der Waals surface area contributed by atoms with Crippen molar-refractivity contribution in [2.24, 2.45) is 0 Å². The predicted molar refractivity (Wildman–Crippen MR) is 110 cm³/mol. The number of allylic oxidation sites excluding steroid dienone is 1. The van der Waals surface area contributed by atoms with Crippen molar-refractivity contribution in [3.8, 4) is 0 Å². The molecule has 0 N–H and O–H groups in total. The highest BCUT2D eigenvalue weighted by molar-refractivity contribution is 5.81. The average molecular weight is 353 g/mol. The molecule has 0 aliphatic heterocycles. The molecule has 0 rings (SSSR count). The van der Waals surface area contributed by atoms with Crippen molar-refractivity contribution in [3.05, 3.63) is 12.2 Å². The lowest BCUT2D eigenvalue weighted by molar-refractivity contribution is -0.137. The summed E-state index contributed by atoms with van der Waals surface area (Å²) in [5.74, 6) is -0.175. The van der Waals surface area contributed by atoms with E-state index in [4.69, 9.17) is 4.74 Å². The zero-order valence-corrected chi connectivity index (χ0v) is 17.2. The Hall–Kier alpha value is -0.790. The van der Waals surface area contributed by atoms with Crippen LogP contribution in [0.1, 0.15) is 123 Å². The quantitative estimate of drug-likeness (QED) is 0.135. The Morgan fingerprint density at radius 3 is 1.60 bits per heavy atom. The van der Waals surface area contributed by atoms with Gasteiger partial charge in [-0.2, -0.15) is 0 Å². The first-order valence-electron chi connectivity index (χ1n) is 11.1. The third-order valence-electron chi connectivity index (χ3n) is 4.72. The molecule has 0 aliphatic rings. The Labute approximate surface area is 157 Å². The van der Waals surface area contributed by atoms with Crippen molar-refractivity contribution in [1.29, 1.82) is 0 Å². The van der Waals surface area contributed by atoms with Crippen LogP contribution in [0.15, 0.2) is 12.2 Å². The van der Waals surface area contributed by atoms with Crippen LogP contribution in [0, 0.1) is 0 Å². The van der Waals surface area contributed by atoms with Crippen LogP contribution in [-0.2, 0) is 9.53 Å². The van der Waals surface area contributed by atoms with E-state index >= 15 is 0 Å². The van der Waals surface area contributed by atoms with E-state index in [9.17, 15) is 4.79 Å². The second kappa shape index (κ2) is 21.3. The first kappa shape index (κ1) is 24.2. The van der Waals surface area contributed by atoms with E-state index in [-0.39, 0.29) is 5.97 Å². The topological polar surface area (TPSA) is 26.3 Å². The second-order valence-electron chi connectivity index (χ2n) is 7.31. The Bertz CT molecular complexity index is 296. The van der Waals surface area contributed by atoms with E-state index in [1.54, 1.807) is 6.08 Å². The zero-order chi connectivity index (χ0) is 18.4.